The first-order chi connectivity index (χ1) is 15.9. The molecule has 3 aromatic heterocycles. The van der Waals surface area contributed by atoms with Crippen LogP contribution in [-0.2, 0) is 23.1 Å². The number of fused-ring (bicyclic) bond motifs is 1. The lowest BCUT2D eigenvalue weighted by atomic mass is 10.2. The van der Waals surface area contributed by atoms with Crippen molar-refractivity contribution < 1.29 is 13.2 Å². The van der Waals surface area contributed by atoms with Crippen molar-refractivity contribution in [2.24, 2.45) is 0 Å². The number of carbonyl (C=O) groups excluding carboxylic acids is 1. The van der Waals surface area contributed by atoms with E-state index in [9.17, 15) is 13.2 Å². The fourth-order valence-corrected chi connectivity index (χ4v) is 4.69. The fourth-order valence-electron chi connectivity index (χ4n) is 3.15. The van der Waals surface area contributed by atoms with Crippen LogP contribution in [0.5, 0.6) is 0 Å². The number of nitrogens with zero attached hydrogens (tertiary/aromatic N) is 5. The molecule has 1 aromatic carbocycles. The molecule has 12 heteroatoms. The lowest BCUT2D eigenvalue weighted by molar-refractivity contribution is 0.0952. The van der Waals surface area contributed by atoms with E-state index < -0.39 is 10.0 Å². The Morgan fingerprint density at radius 1 is 1.15 bits per heavy atom. The molecular weight excluding hydrogens is 462 g/mol. The Morgan fingerprint density at radius 2 is 1.94 bits per heavy atom. The predicted octanol–water partition coefficient (Wildman–Crippen LogP) is 2.18. The Labute approximate surface area is 195 Å². The van der Waals surface area contributed by atoms with Gasteiger partial charge in [-0.05, 0) is 35.7 Å². The van der Waals surface area contributed by atoms with Gasteiger partial charge >= 0.3 is 0 Å². The van der Waals surface area contributed by atoms with Gasteiger partial charge in [-0.2, -0.15) is 5.10 Å². The summed E-state index contributed by atoms with van der Waals surface area (Å²) in [4.78, 5) is 22.4. The standard InChI is InChI=1S/C21H23N7O3S2/c1-27(2)33(30,31)17-7-5-15(6-8-17)21(29)22-9-10-28-20-18(13-26-28)19(24-14-25-20)23-12-16-4-3-11-32-16/h3-8,11,13-14H,9-10,12H2,1-2H3,(H,22,29)(H,23,24,25). The molecular formula is C21H23N7O3S2. The molecule has 3 heterocycles. The Kier molecular flexibility index (Phi) is 6.67. The van der Waals surface area contributed by atoms with Crippen molar-refractivity contribution in [1.82, 2.24) is 29.4 Å². The van der Waals surface area contributed by atoms with Crippen LogP contribution in [0.4, 0.5) is 5.82 Å². The van der Waals surface area contributed by atoms with E-state index in [2.05, 4.69) is 31.8 Å². The van der Waals surface area contributed by atoms with Gasteiger partial charge in [-0.1, -0.05) is 6.07 Å². The summed E-state index contributed by atoms with van der Waals surface area (Å²) < 4.78 is 27.1. The molecule has 0 aliphatic rings. The molecule has 2 N–H and O–H groups in total. The third-order valence-corrected chi connectivity index (χ3v) is 7.65. The number of nitrogens with one attached hydrogen (secondary N) is 2. The van der Waals surface area contributed by atoms with E-state index in [1.807, 2.05) is 11.4 Å². The maximum absolute atomic E-state index is 12.4. The summed E-state index contributed by atoms with van der Waals surface area (Å²) in [5.41, 5.74) is 1.05. The van der Waals surface area contributed by atoms with Crippen LogP contribution in [-0.4, -0.2) is 59.0 Å². The molecule has 0 spiro atoms. The van der Waals surface area contributed by atoms with Crippen LogP contribution in [0.2, 0.25) is 0 Å². The van der Waals surface area contributed by atoms with Gasteiger partial charge in [-0.3, -0.25) is 4.79 Å². The van der Waals surface area contributed by atoms with Crippen molar-refractivity contribution in [3.05, 3.63) is 64.7 Å². The van der Waals surface area contributed by atoms with Crippen LogP contribution in [0.25, 0.3) is 11.0 Å². The molecule has 4 rings (SSSR count). The van der Waals surface area contributed by atoms with Crippen LogP contribution in [0.1, 0.15) is 15.2 Å². The van der Waals surface area contributed by atoms with Crippen molar-refractivity contribution in [3.8, 4) is 0 Å². The molecule has 10 nitrogen and oxygen atoms in total. The number of benzene rings is 1. The van der Waals surface area contributed by atoms with Crippen molar-refractivity contribution in [3.63, 3.8) is 0 Å². The number of hydrogen-bond acceptors (Lipinski definition) is 8. The normalized spacial score (nSPS) is 11.7. The highest BCUT2D eigenvalue weighted by Crippen LogP contribution is 2.20. The molecule has 0 fully saturated rings. The summed E-state index contributed by atoms with van der Waals surface area (Å²) in [6.45, 7) is 1.42. The van der Waals surface area contributed by atoms with Gasteiger partial charge in [0.05, 0.1) is 29.6 Å². The highest BCUT2D eigenvalue weighted by atomic mass is 32.2. The lowest BCUT2D eigenvalue weighted by Gasteiger charge is -2.11. The van der Waals surface area contributed by atoms with Gasteiger partial charge in [-0.25, -0.2) is 27.4 Å². The summed E-state index contributed by atoms with van der Waals surface area (Å²) in [6, 6.07) is 9.89. The van der Waals surface area contributed by atoms with E-state index in [-0.39, 0.29) is 10.8 Å². The molecule has 0 saturated heterocycles. The van der Waals surface area contributed by atoms with Crippen LogP contribution in [0.3, 0.4) is 0 Å². The number of carbonyl (C=O) groups is 1. The highest BCUT2D eigenvalue weighted by Gasteiger charge is 2.17. The van der Waals surface area contributed by atoms with Gasteiger partial charge in [0, 0.05) is 31.1 Å². The number of thiophene rings is 1. The molecule has 0 saturated carbocycles. The summed E-state index contributed by atoms with van der Waals surface area (Å²) in [5, 5.41) is 13.3. The minimum atomic E-state index is -3.53. The third kappa shape index (κ3) is 5.02. The predicted molar refractivity (Wildman–Crippen MR) is 127 cm³/mol. The molecule has 172 valence electrons. The molecule has 0 bridgehead atoms. The second-order valence-electron chi connectivity index (χ2n) is 7.33. The first kappa shape index (κ1) is 22.8. The van der Waals surface area contributed by atoms with E-state index in [0.29, 0.717) is 36.7 Å². The van der Waals surface area contributed by atoms with Gasteiger partial charge in [0.2, 0.25) is 10.0 Å². The number of sulfonamides is 1. The van der Waals surface area contributed by atoms with Crippen LogP contribution in [0, 0.1) is 0 Å². The summed E-state index contributed by atoms with van der Waals surface area (Å²) in [6.07, 6.45) is 3.19. The first-order valence-electron chi connectivity index (χ1n) is 10.1. The minimum absolute atomic E-state index is 0.134. The third-order valence-electron chi connectivity index (χ3n) is 4.95. The smallest absolute Gasteiger partial charge is 0.251 e. The van der Waals surface area contributed by atoms with E-state index >= 15 is 0 Å². The van der Waals surface area contributed by atoms with E-state index in [1.54, 1.807) is 22.2 Å². The zero-order valence-electron chi connectivity index (χ0n) is 18.1. The summed E-state index contributed by atoms with van der Waals surface area (Å²) >= 11 is 1.67. The zero-order chi connectivity index (χ0) is 23.4. The van der Waals surface area contributed by atoms with Gasteiger partial charge in [0.25, 0.3) is 5.91 Å². The average Bonchev–Trinajstić information content (AvgIpc) is 3.48. The molecule has 0 aliphatic carbocycles. The molecule has 33 heavy (non-hydrogen) atoms. The number of hydrogen-bond donors (Lipinski definition) is 2. The number of rotatable bonds is 9. The van der Waals surface area contributed by atoms with Crippen molar-refractivity contribution in [2.75, 3.05) is 26.0 Å². The largest absolute Gasteiger partial charge is 0.364 e. The summed E-state index contributed by atoms with van der Waals surface area (Å²) in [5.74, 6) is 0.407. The molecule has 0 atom stereocenters. The molecule has 1 amide bonds. The van der Waals surface area contributed by atoms with Crippen LogP contribution in [0.15, 0.2) is 59.2 Å². The monoisotopic (exact) mass is 485 g/mol. The Hall–Kier alpha value is -3.35. The Balaban J connectivity index is 1.37. The highest BCUT2D eigenvalue weighted by molar-refractivity contribution is 7.89. The molecule has 0 radical (unpaired) electrons. The summed E-state index contributed by atoms with van der Waals surface area (Å²) in [7, 11) is -0.612. The minimum Gasteiger partial charge on any atom is -0.364 e. The maximum Gasteiger partial charge on any atom is 0.251 e. The molecule has 0 unspecified atom stereocenters. The number of anilines is 1. The number of amides is 1. The SMILES string of the molecule is CN(C)S(=O)(=O)c1ccc(C(=O)NCCn2ncc3c(NCc4cccs4)ncnc32)cc1. The Morgan fingerprint density at radius 3 is 2.64 bits per heavy atom. The first-order valence-corrected chi connectivity index (χ1v) is 12.4. The maximum atomic E-state index is 12.4. The molecule has 0 aliphatic heterocycles. The Bertz CT molecular complexity index is 1350. The van der Waals surface area contributed by atoms with Crippen LogP contribution >= 0.6 is 11.3 Å². The number of aromatic nitrogens is 4. The van der Waals surface area contributed by atoms with Crippen molar-refractivity contribution >= 4 is 44.1 Å². The quantitative estimate of drug-likeness (QED) is 0.373. The van der Waals surface area contributed by atoms with Crippen LogP contribution < -0.4 is 10.6 Å². The topological polar surface area (TPSA) is 122 Å². The fraction of sp³-hybridized carbons (Fsp3) is 0.238. The van der Waals surface area contributed by atoms with Gasteiger partial charge in [-0.15, -0.1) is 11.3 Å². The molecule has 4 aromatic rings. The van der Waals surface area contributed by atoms with E-state index in [1.165, 1.54) is 49.6 Å². The van der Waals surface area contributed by atoms with Crippen molar-refractivity contribution in [2.45, 2.75) is 18.0 Å². The average molecular weight is 486 g/mol. The second kappa shape index (κ2) is 9.65. The lowest BCUT2D eigenvalue weighted by Crippen LogP contribution is -2.27. The van der Waals surface area contributed by atoms with Gasteiger partial charge in [0.1, 0.15) is 12.1 Å². The zero-order valence-corrected chi connectivity index (χ0v) is 19.7. The van der Waals surface area contributed by atoms with E-state index in [4.69, 9.17) is 0 Å². The van der Waals surface area contributed by atoms with E-state index in [0.717, 1.165) is 9.69 Å². The second-order valence-corrected chi connectivity index (χ2v) is 10.5. The van der Waals surface area contributed by atoms with Gasteiger partial charge < -0.3 is 10.6 Å². The van der Waals surface area contributed by atoms with Crippen molar-refractivity contribution in [1.29, 1.82) is 0 Å². The van der Waals surface area contributed by atoms with Gasteiger partial charge in [0.15, 0.2) is 5.65 Å².